The van der Waals surface area contributed by atoms with Crippen LogP contribution in [0.2, 0.25) is 0 Å². The molecule has 16 heteroatoms. The van der Waals surface area contributed by atoms with Crippen molar-refractivity contribution < 1.29 is 71.7 Å². The van der Waals surface area contributed by atoms with E-state index in [0.29, 0.717) is 0 Å². The van der Waals surface area contributed by atoms with Crippen molar-refractivity contribution in [1.29, 1.82) is 0 Å². The number of hydrogen-bond donors (Lipinski definition) is 2. The van der Waals surface area contributed by atoms with Crippen LogP contribution in [-0.4, -0.2) is 58.5 Å². The Morgan fingerprint density at radius 2 is 0.880 bits per heavy atom. The van der Waals surface area contributed by atoms with E-state index in [0.717, 1.165) is 0 Å². The second-order valence-electron chi connectivity index (χ2n) is 4.64. The second-order valence-corrected chi connectivity index (χ2v) is 4.64. The van der Waals surface area contributed by atoms with E-state index in [1.807, 2.05) is 0 Å². The van der Waals surface area contributed by atoms with Crippen LogP contribution in [0.25, 0.3) is 0 Å². The first kappa shape index (κ1) is 23.9. The molecule has 0 aliphatic carbocycles. The summed E-state index contributed by atoms with van der Waals surface area (Å²) in [5, 5.41) is 16.3. The summed E-state index contributed by atoms with van der Waals surface area (Å²) in [4.78, 5) is 0. The van der Waals surface area contributed by atoms with Crippen molar-refractivity contribution in [1.82, 2.24) is 0 Å². The zero-order valence-corrected chi connectivity index (χ0v) is 11.0. The van der Waals surface area contributed by atoms with Crippen LogP contribution >= 0.6 is 0 Å². The van der Waals surface area contributed by atoms with Gasteiger partial charge in [0.2, 0.25) is 6.36 Å². The van der Waals surface area contributed by atoms with E-state index < -0.39 is 54.7 Å². The average molecular weight is 412 g/mol. The van der Waals surface area contributed by atoms with Gasteiger partial charge in [-0.25, -0.2) is 4.39 Å². The Morgan fingerprint density at radius 3 is 1.16 bits per heavy atom. The lowest BCUT2D eigenvalue weighted by Gasteiger charge is -2.40. The minimum atomic E-state index is -8.07. The molecule has 2 unspecified atom stereocenters. The maximum Gasteiger partial charge on any atom is 0.460 e. The van der Waals surface area contributed by atoms with E-state index in [4.69, 9.17) is 10.2 Å². The van der Waals surface area contributed by atoms with Gasteiger partial charge < -0.3 is 10.2 Å². The average Bonchev–Trinajstić information content (AvgIpc) is 2.35. The molecule has 0 amide bonds. The SMILES string of the molecule is OC(F)C(O)CC(F)(F)C(F)(F)C(F)(F)C(F)(F)C(F)(F)C(F)(F)F. The summed E-state index contributed by atoms with van der Waals surface area (Å²) >= 11 is 0. The summed E-state index contributed by atoms with van der Waals surface area (Å²) in [5.74, 6) is -38.2. The molecule has 0 radical (unpaired) electrons. The molecular weight excluding hydrogens is 406 g/mol. The summed E-state index contributed by atoms with van der Waals surface area (Å²) in [7, 11) is 0. The third-order valence-corrected chi connectivity index (χ3v) is 2.78. The fraction of sp³-hybridized carbons (Fsp3) is 1.00. The summed E-state index contributed by atoms with van der Waals surface area (Å²) in [6.45, 7) is 0. The van der Waals surface area contributed by atoms with Crippen LogP contribution in [-0.2, 0) is 0 Å². The molecule has 0 fully saturated rings. The van der Waals surface area contributed by atoms with Crippen LogP contribution in [0.3, 0.4) is 0 Å². The van der Waals surface area contributed by atoms with Crippen molar-refractivity contribution in [2.24, 2.45) is 0 Å². The Hall–Kier alpha value is -1.06. The van der Waals surface area contributed by atoms with Gasteiger partial charge in [0.05, 0.1) is 0 Å². The second kappa shape index (κ2) is 6.28. The normalized spacial score (nSPS) is 18.2. The number of halogens is 14. The lowest BCUT2D eigenvalue weighted by Crippen LogP contribution is -2.70. The highest BCUT2D eigenvalue weighted by Gasteiger charge is 2.90. The molecule has 0 aliphatic rings. The third kappa shape index (κ3) is 3.59. The van der Waals surface area contributed by atoms with E-state index in [2.05, 4.69) is 0 Å². The molecule has 25 heavy (non-hydrogen) atoms. The molecule has 0 aromatic heterocycles. The van der Waals surface area contributed by atoms with Gasteiger partial charge in [0.15, 0.2) is 0 Å². The quantitative estimate of drug-likeness (QED) is 0.626. The number of alkyl halides is 14. The van der Waals surface area contributed by atoms with Gasteiger partial charge >= 0.3 is 35.8 Å². The third-order valence-electron chi connectivity index (χ3n) is 2.78. The van der Waals surface area contributed by atoms with Crippen LogP contribution in [0.15, 0.2) is 0 Å². The molecule has 2 nitrogen and oxygen atoms in total. The molecule has 152 valence electrons. The number of rotatable bonds is 7. The topological polar surface area (TPSA) is 40.5 Å². The van der Waals surface area contributed by atoms with E-state index >= 15 is 0 Å². The predicted octanol–water partition coefficient (Wildman–Crippen LogP) is 3.76. The van der Waals surface area contributed by atoms with Crippen molar-refractivity contribution in [3.8, 4) is 0 Å². The lowest BCUT2D eigenvalue weighted by atomic mass is 9.91. The van der Waals surface area contributed by atoms with Gasteiger partial charge in [0.25, 0.3) is 0 Å². The monoisotopic (exact) mass is 412 g/mol. The highest BCUT2D eigenvalue weighted by atomic mass is 19.4. The minimum absolute atomic E-state index is 3.21. The van der Waals surface area contributed by atoms with Gasteiger partial charge in [-0.05, 0) is 0 Å². The van der Waals surface area contributed by atoms with E-state index in [9.17, 15) is 61.5 Å². The van der Waals surface area contributed by atoms with Crippen molar-refractivity contribution in [2.45, 2.75) is 54.7 Å². The van der Waals surface area contributed by atoms with Crippen LogP contribution in [0, 0.1) is 0 Å². The molecule has 0 aromatic carbocycles. The van der Waals surface area contributed by atoms with E-state index in [-0.39, 0.29) is 0 Å². The fourth-order valence-electron chi connectivity index (χ4n) is 1.29. The largest absolute Gasteiger partial charge is 0.460 e. The predicted molar refractivity (Wildman–Crippen MR) is 48.5 cm³/mol. The van der Waals surface area contributed by atoms with Crippen LogP contribution in [0.4, 0.5) is 61.5 Å². The Balaban J connectivity index is 6.12. The smallest absolute Gasteiger partial charge is 0.387 e. The molecule has 0 aliphatic heterocycles. The van der Waals surface area contributed by atoms with Crippen LogP contribution < -0.4 is 0 Å². The van der Waals surface area contributed by atoms with Gasteiger partial charge in [0.1, 0.15) is 6.10 Å². The fourth-order valence-corrected chi connectivity index (χ4v) is 1.29. The first-order valence-electron chi connectivity index (χ1n) is 5.54. The summed E-state index contributed by atoms with van der Waals surface area (Å²) in [6, 6.07) is 0. The molecular formula is C9H6F14O2. The standard InChI is InChI=1S/C9H6F14O2/c10-3(25)2(24)1-4(11,12)5(13,14)6(15,16)7(17,18)8(19,20)9(21,22)23/h2-3,24-25H,1H2. The Kier molecular flexibility index (Phi) is 6.01. The van der Waals surface area contributed by atoms with Gasteiger partial charge in [-0.1, -0.05) is 0 Å². The lowest BCUT2D eigenvalue weighted by molar-refractivity contribution is -0.441. The van der Waals surface area contributed by atoms with E-state index in [1.54, 1.807) is 0 Å². The van der Waals surface area contributed by atoms with Crippen molar-refractivity contribution in [2.75, 3.05) is 0 Å². The molecule has 0 saturated heterocycles. The van der Waals surface area contributed by atoms with Gasteiger partial charge in [0, 0.05) is 6.42 Å². The zero-order valence-electron chi connectivity index (χ0n) is 11.0. The minimum Gasteiger partial charge on any atom is -0.387 e. The van der Waals surface area contributed by atoms with Crippen LogP contribution in [0.5, 0.6) is 0 Å². The molecule has 0 saturated carbocycles. The highest BCUT2D eigenvalue weighted by molar-refractivity contribution is 5.10. The Morgan fingerprint density at radius 1 is 0.560 bits per heavy atom. The first-order valence-corrected chi connectivity index (χ1v) is 5.54. The van der Waals surface area contributed by atoms with Crippen molar-refractivity contribution in [3.05, 3.63) is 0 Å². The maximum absolute atomic E-state index is 13.0. The highest BCUT2D eigenvalue weighted by Crippen LogP contribution is 2.60. The van der Waals surface area contributed by atoms with Crippen LogP contribution in [0.1, 0.15) is 6.42 Å². The number of hydrogen-bond acceptors (Lipinski definition) is 2. The summed E-state index contributed by atoms with van der Waals surface area (Å²) in [6.07, 6.45) is -18.1. The molecule has 2 N–H and O–H groups in total. The number of aliphatic hydroxyl groups is 2. The molecule has 0 aromatic rings. The summed E-state index contributed by atoms with van der Waals surface area (Å²) < 4.78 is 176. The molecule has 0 bridgehead atoms. The Bertz CT molecular complexity index is 467. The van der Waals surface area contributed by atoms with Gasteiger partial charge in [-0.2, -0.15) is 57.1 Å². The zero-order chi connectivity index (χ0) is 20.9. The molecule has 0 spiro atoms. The van der Waals surface area contributed by atoms with Crippen molar-refractivity contribution in [3.63, 3.8) is 0 Å². The maximum atomic E-state index is 13.0. The van der Waals surface area contributed by atoms with E-state index in [1.165, 1.54) is 0 Å². The van der Waals surface area contributed by atoms with Gasteiger partial charge in [-0.3, -0.25) is 0 Å². The number of aliphatic hydroxyl groups excluding tert-OH is 2. The molecule has 0 rings (SSSR count). The Labute approximate surface area is 128 Å². The first-order chi connectivity index (χ1) is 10.6. The van der Waals surface area contributed by atoms with Crippen molar-refractivity contribution >= 4 is 0 Å². The molecule has 2 atom stereocenters. The van der Waals surface area contributed by atoms with Gasteiger partial charge in [-0.15, -0.1) is 0 Å². The molecule has 0 heterocycles. The summed E-state index contributed by atoms with van der Waals surface area (Å²) in [5.41, 5.74) is 0.